The standard InChI is InChI=1S/C17H24O/c1-12-14(7-6-8-15(12)18)13-9-16(2,3)11-17(4,5)10-13/h6-9,18H,10-11H2,1-5H3. The summed E-state index contributed by atoms with van der Waals surface area (Å²) in [6.07, 6.45) is 4.68. The highest BCUT2D eigenvalue weighted by Crippen LogP contribution is 2.48. The molecule has 0 unspecified atom stereocenters. The predicted molar refractivity (Wildman–Crippen MR) is 77.6 cm³/mol. The molecule has 0 aromatic heterocycles. The van der Waals surface area contributed by atoms with Gasteiger partial charge in [0.2, 0.25) is 0 Å². The lowest BCUT2D eigenvalue weighted by atomic mass is 9.65. The second-order valence-corrected chi connectivity index (χ2v) is 7.13. The third kappa shape index (κ3) is 2.60. The molecule has 18 heavy (non-hydrogen) atoms. The molecule has 0 atom stereocenters. The van der Waals surface area contributed by atoms with E-state index in [1.54, 1.807) is 6.07 Å². The van der Waals surface area contributed by atoms with E-state index < -0.39 is 0 Å². The van der Waals surface area contributed by atoms with E-state index in [2.05, 4.69) is 39.8 Å². The molecule has 1 nitrogen and oxygen atoms in total. The first-order chi connectivity index (χ1) is 8.20. The van der Waals surface area contributed by atoms with Crippen LogP contribution >= 0.6 is 0 Å². The summed E-state index contributed by atoms with van der Waals surface area (Å²) in [6.45, 7) is 11.3. The van der Waals surface area contributed by atoms with Crippen LogP contribution in [-0.2, 0) is 0 Å². The molecular weight excluding hydrogens is 220 g/mol. The quantitative estimate of drug-likeness (QED) is 0.742. The smallest absolute Gasteiger partial charge is 0.119 e. The highest BCUT2D eigenvalue weighted by molar-refractivity contribution is 5.71. The van der Waals surface area contributed by atoms with Crippen LogP contribution in [0.25, 0.3) is 5.57 Å². The minimum Gasteiger partial charge on any atom is -0.508 e. The third-order valence-electron chi connectivity index (χ3n) is 3.82. The summed E-state index contributed by atoms with van der Waals surface area (Å²) >= 11 is 0. The molecule has 0 saturated carbocycles. The number of phenolic OH excluding ortho intramolecular Hbond substituents is 1. The van der Waals surface area contributed by atoms with Gasteiger partial charge in [-0.25, -0.2) is 0 Å². The van der Waals surface area contributed by atoms with Crippen molar-refractivity contribution in [3.8, 4) is 5.75 Å². The van der Waals surface area contributed by atoms with Crippen LogP contribution in [-0.4, -0.2) is 5.11 Å². The Morgan fingerprint density at radius 2 is 1.78 bits per heavy atom. The average molecular weight is 244 g/mol. The van der Waals surface area contributed by atoms with Gasteiger partial charge in [0.1, 0.15) is 5.75 Å². The Labute approximate surface area is 111 Å². The van der Waals surface area contributed by atoms with E-state index in [0.29, 0.717) is 11.2 Å². The van der Waals surface area contributed by atoms with Gasteiger partial charge >= 0.3 is 0 Å². The number of aromatic hydroxyl groups is 1. The molecule has 1 heteroatoms. The van der Waals surface area contributed by atoms with E-state index in [1.807, 2.05) is 13.0 Å². The van der Waals surface area contributed by atoms with Crippen LogP contribution in [0.4, 0.5) is 0 Å². The van der Waals surface area contributed by atoms with Crippen molar-refractivity contribution in [1.29, 1.82) is 0 Å². The molecule has 0 amide bonds. The number of rotatable bonds is 1. The summed E-state index contributed by atoms with van der Waals surface area (Å²) in [6, 6.07) is 5.82. The van der Waals surface area contributed by atoms with E-state index in [-0.39, 0.29) is 5.41 Å². The molecule has 0 saturated heterocycles. The number of phenols is 1. The Kier molecular flexibility index (Phi) is 3.04. The molecule has 1 aliphatic carbocycles. The van der Waals surface area contributed by atoms with Crippen LogP contribution in [0.1, 0.15) is 51.7 Å². The Morgan fingerprint density at radius 3 is 2.39 bits per heavy atom. The van der Waals surface area contributed by atoms with Crippen molar-refractivity contribution in [2.24, 2.45) is 10.8 Å². The second-order valence-electron chi connectivity index (χ2n) is 7.13. The number of allylic oxidation sites excluding steroid dienone is 2. The first-order valence-electron chi connectivity index (χ1n) is 6.71. The maximum Gasteiger partial charge on any atom is 0.119 e. The summed E-state index contributed by atoms with van der Waals surface area (Å²) in [5.41, 5.74) is 4.14. The molecule has 0 heterocycles. The first kappa shape index (κ1) is 13.2. The van der Waals surface area contributed by atoms with Crippen molar-refractivity contribution < 1.29 is 5.11 Å². The molecule has 0 aliphatic heterocycles. The molecule has 98 valence electrons. The summed E-state index contributed by atoms with van der Waals surface area (Å²) in [4.78, 5) is 0. The largest absolute Gasteiger partial charge is 0.508 e. The molecule has 1 aromatic carbocycles. The number of hydrogen-bond acceptors (Lipinski definition) is 1. The van der Waals surface area contributed by atoms with Gasteiger partial charge in [-0.1, -0.05) is 45.9 Å². The molecular formula is C17H24O. The zero-order valence-corrected chi connectivity index (χ0v) is 12.2. The Hall–Kier alpha value is -1.24. The minimum atomic E-state index is 0.231. The fraction of sp³-hybridized carbons (Fsp3) is 0.529. The van der Waals surface area contributed by atoms with Crippen molar-refractivity contribution in [1.82, 2.24) is 0 Å². The molecule has 0 fully saturated rings. The summed E-state index contributed by atoms with van der Waals surface area (Å²) in [5, 5.41) is 9.86. The lowest BCUT2D eigenvalue weighted by molar-refractivity contribution is 0.228. The number of hydrogen-bond donors (Lipinski definition) is 1. The minimum absolute atomic E-state index is 0.231. The van der Waals surface area contributed by atoms with Gasteiger partial charge < -0.3 is 5.11 Å². The SMILES string of the molecule is Cc1c(O)cccc1C1=CC(C)(C)CC(C)(C)C1. The lowest BCUT2D eigenvalue weighted by Gasteiger charge is -2.39. The van der Waals surface area contributed by atoms with E-state index >= 15 is 0 Å². The molecule has 2 rings (SSSR count). The number of benzene rings is 1. The van der Waals surface area contributed by atoms with Crippen LogP contribution in [0.3, 0.4) is 0 Å². The van der Waals surface area contributed by atoms with Gasteiger partial charge in [0.25, 0.3) is 0 Å². The van der Waals surface area contributed by atoms with Crippen LogP contribution in [0.2, 0.25) is 0 Å². The second kappa shape index (κ2) is 4.15. The van der Waals surface area contributed by atoms with Crippen molar-refractivity contribution in [2.45, 2.75) is 47.5 Å². The van der Waals surface area contributed by atoms with Gasteiger partial charge in [-0.2, -0.15) is 0 Å². The monoisotopic (exact) mass is 244 g/mol. The van der Waals surface area contributed by atoms with Gasteiger partial charge in [-0.15, -0.1) is 0 Å². The molecule has 1 aromatic rings. The highest BCUT2D eigenvalue weighted by atomic mass is 16.3. The zero-order valence-electron chi connectivity index (χ0n) is 12.2. The fourth-order valence-corrected chi connectivity index (χ4v) is 3.53. The van der Waals surface area contributed by atoms with Crippen molar-refractivity contribution in [3.63, 3.8) is 0 Å². The third-order valence-corrected chi connectivity index (χ3v) is 3.82. The summed E-state index contributed by atoms with van der Waals surface area (Å²) < 4.78 is 0. The lowest BCUT2D eigenvalue weighted by Crippen LogP contribution is -2.26. The zero-order chi connectivity index (χ0) is 13.6. The molecule has 1 aliphatic rings. The average Bonchev–Trinajstić information content (AvgIpc) is 2.17. The maximum absolute atomic E-state index is 9.86. The summed E-state index contributed by atoms with van der Waals surface area (Å²) in [7, 11) is 0. The van der Waals surface area contributed by atoms with Crippen LogP contribution < -0.4 is 0 Å². The van der Waals surface area contributed by atoms with Crippen molar-refractivity contribution >= 4 is 5.57 Å². The molecule has 0 bridgehead atoms. The Bertz CT molecular complexity index is 492. The molecule has 1 N–H and O–H groups in total. The maximum atomic E-state index is 9.86. The van der Waals surface area contributed by atoms with Crippen molar-refractivity contribution in [3.05, 3.63) is 35.4 Å². The van der Waals surface area contributed by atoms with Gasteiger partial charge in [0.15, 0.2) is 0 Å². The molecule has 0 spiro atoms. The Morgan fingerprint density at radius 1 is 1.11 bits per heavy atom. The van der Waals surface area contributed by atoms with E-state index in [9.17, 15) is 5.11 Å². The van der Waals surface area contributed by atoms with Gasteiger partial charge in [-0.3, -0.25) is 0 Å². The highest BCUT2D eigenvalue weighted by Gasteiger charge is 2.33. The normalized spacial score (nSPS) is 21.5. The van der Waals surface area contributed by atoms with Crippen molar-refractivity contribution in [2.75, 3.05) is 0 Å². The van der Waals surface area contributed by atoms with E-state index in [1.165, 1.54) is 17.6 Å². The van der Waals surface area contributed by atoms with Crippen LogP contribution in [0.15, 0.2) is 24.3 Å². The molecule has 0 radical (unpaired) electrons. The Balaban J connectivity index is 2.50. The van der Waals surface area contributed by atoms with E-state index in [0.717, 1.165) is 12.0 Å². The van der Waals surface area contributed by atoms with E-state index in [4.69, 9.17) is 0 Å². The topological polar surface area (TPSA) is 20.2 Å². The predicted octanol–water partition coefficient (Wildman–Crippen LogP) is 4.93. The van der Waals surface area contributed by atoms with Crippen LogP contribution in [0.5, 0.6) is 5.75 Å². The fourth-order valence-electron chi connectivity index (χ4n) is 3.53. The van der Waals surface area contributed by atoms with Gasteiger partial charge in [0, 0.05) is 0 Å². The van der Waals surface area contributed by atoms with Gasteiger partial charge in [0.05, 0.1) is 0 Å². The van der Waals surface area contributed by atoms with Crippen LogP contribution in [0, 0.1) is 17.8 Å². The first-order valence-corrected chi connectivity index (χ1v) is 6.71. The van der Waals surface area contributed by atoms with Gasteiger partial charge in [-0.05, 0) is 53.4 Å². The summed E-state index contributed by atoms with van der Waals surface area (Å²) in [5.74, 6) is 0.398.